The molecule has 16 heavy (non-hydrogen) atoms. The molecule has 0 aliphatic rings. The molecule has 0 saturated carbocycles. The van der Waals surface area contributed by atoms with Crippen LogP contribution in [-0.2, 0) is 0 Å². The van der Waals surface area contributed by atoms with Gasteiger partial charge in [-0.05, 0) is 0 Å². The summed E-state index contributed by atoms with van der Waals surface area (Å²) in [5.41, 5.74) is 0.715. The number of hydrogen-bond acceptors (Lipinski definition) is 1. The molecule has 0 N–H and O–H groups in total. The van der Waals surface area contributed by atoms with Crippen LogP contribution in [0.5, 0.6) is 0 Å². The van der Waals surface area contributed by atoms with Crippen LogP contribution < -0.4 is 0 Å². The van der Waals surface area contributed by atoms with Crippen molar-refractivity contribution in [3.63, 3.8) is 0 Å². The van der Waals surface area contributed by atoms with Crippen molar-refractivity contribution in [1.29, 1.82) is 0 Å². The average molecular weight is 321 g/mol. The average Bonchev–Trinajstić information content (AvgIpc) is 2.16. The van der Waals surface area contributed by atoms with Crippen molar-refractivity contribution in [3.05, 3.63) is 12.7 Å². The van der Waals surface area contributed by atoms with Gasteiger partial charge in [0.15, 0.2) is 0 Å². The molecule has 3 heteroatoms. The number of unbranched alkanes of at least 4 members (excludes halogenated alkanes) is 1. The van der Waals surface area contributed by atoms with Gasteiger partial charge in [0.1, 0.15) is 0 Å². The van der Waals surface area contributed by atoms with Crippen molar-refractivity contribution >= 4 is 39.2 Å². The Morgan fingerprint density at radius 1 is 1.44 bits per heavy atom. The monoisotopic (exact) mass is 322 g/mol. The van der Waals surface area contributed by atoms with Gasteiger partial charge in [-0.3, -0.25) is 0 Å². The number of rotatable bonds is 8. The molecule has 0 bridgehead atoms. The van der Waals surface area contributed by atoms with E-state index < -0.39 is 8.07 Å². The summed E-state index contributed by atoms with van der Waals surface area (Å²) < 4.78 is 1.51. The topological polar surface area (TPSA) is 0 Å². The minimum absolute atomic E-state index is 0.594. The number of hydrogen-bond donors (Lipinski definition) is 0. The Labute approximate surface area is 115 Å². The molecule has 0 rings (SSSR count). The van der Waals surface area contributed by atoms with Crippen LogP contribution in [-0.4, -0.2) is 33.2 Å². The van der Waals surface area contributed by atoms with E-state index in [1.165, 1.54) is 22.3 Å². The van der Waals surface area contributed by atoms with Crippen molar-refractivity contribution in [2.75, 3.05) is 5.75 Å². The molecule has 0 fully saturated rings. The molecule has 0 aromatic carbocycles. The second-order valence-corrected chi connectivity index (χ2v) is 13.5. The first kappa shape index (κ1) is 16.7. The van der Waals surface area contributed by atoms with Crippen LogP contribution >= 0.6 is 11.8 Å². The van der Waals surface area contributed by atoms with Gasteiger partial charge in [0.2, 0.25) is 0 Å². The molecule has 0 spiro atoms. The Bertz CT molecular complexity index is 233. The fraction of sp³-hybridized carbons (Fsp3) is 0.769. The Hall–Kier alpha value is 0.696. The summed E-state index contributed by atoms with van der Waals surface area (Å²) in [7, 11) is -1.15. The summed E-state index contributed by atoms with van der Waals surface area (Å²) in [4.78, 5) is 0. The Kier molecular flexibility index (Phi) is 8.26. The van der Waals surface area contributed by atoms with Crippen molar-refractivity contribution in [2.45, 2.75) is 51.9 Å². The zero-order chi connectivity index (χ0) is 12.8. The van der Waals surface area contributed by atoms with Crippen LogP contribution in [0.3, 0.4) is 0 Å². The fourth-order valence-corrected chi connectivity index (χ4v) is 9.86. The standard InChI is InChI=1S/C13H26SSeSi/c1-7-9-10-14-13(15)12(11(3)8-2)16(4,5)6/h8,11-12H,2,7,9-10H2,1,3-6H3. The van der Waals surface area contributed by atoms with Crippen LogP contribution in [0.15, 0.2) is 12.7 Å². The second kappa shape index (κ2) is 7.91. The van der Waals surface area contributed by atoms with Crippen LogP contribution in [0.1, 0.15) is 26.7 Å². The molecule has 2 atom stereocenters. The van der Waals surface area contributed by atoms with E-state index in [2.05, 4.69) is 61.7 Å². The van der Waals surface area contributed by atoms with Crippen molar-refractivity contribution < 1.29 is 0 Å². The number of thioether (sulfide) groups is 1. The third-order valence-electron chi connectivity index (χ3n) is 2.83. The predicted octanol–water partition coefficient (Wildman–Crippen LogP) is 4.35. The molecule has 0 aromatic rings. The predicted molar refractivity (Wildman–Crippen MR) is 84.6 cm³/mol. The van der Waals surface area contributed by atoms with Gasteiger partial charge in [-0.15, -0.1) is 0 Å². The van der Waals surface area contributed by atoms with E-state index in [-0.39, 0.29) is 0 Å². The molecule has 0 aliphatic carbocycles. The van der Waals surface area contributed by atoms with E-state index in [0.29, 0.717) is 11.5 Å². The summed E-state index contributed by atoms with van der Waals surface area (Å²) in [6, 6.07) is 0. The fourth-order valence-electron chi connectivity index (χ4n) is 1.90. The zero-order valence-electron chi connectivity index (χ0n) is 11.4. The molecule has 0 radical (unpaired) electrons. The maximum absolute atomic E-state index is 3.96. The van der Waals surface area contributed by atoms with Gasteiger partial charge in [0.05, 0.1) is 0 Å². The molecular formula is C13H26SSeSi. The normalized spacial score (nSPS) is 15.6. The van der Waals surface area contributed by atoms with Gasteiger partial charge in [0.25, 0.3) is 0 Å². The van der Waals surface area contributed by atoms with Gasteiger partial charge in [-0.2, -0.15) is 0 Å². The van der Waals surface area contributed by atoms with E-state index in [0.717, 1.165) is 0 Å². The van der Waals surface area contributed by atoms with Crippen LogP contribution in [0, 0.1) is 5.92 Å². The molecule has 0 saturated heterocycles. The third kappa shape index (κ3) is 5.86. The van der Waals surface area contributed by atoms with Crippen molar-refractivity contribution in [2.24, 2.45) is 5.92 Å². The Morgan fingerprint density at radius 2 is 2.00 bits per heavy atom. The van der Waals surface area contributed by atoms with E-state index in [9.17, 15) is 0 Å². The first-order valence-corrected chi connectivity index (χ1v) is 11.6. The SMILES string of the molecule is C=CC(C)C(C(=[Se])SCCCC)[Si](C)(C)C. The Morgan fingerprint density at radius 3 is 2.38 bits per heavy atom. The molecule has 0 heterocycles. The zero-order valence-corrected chi connectivity index (χ0v) is 14.9. The van der Waals surface area contributed by atoms with Crippen LogP contribution in [0.2, 0.25) is 25.2 Å². The Balaban J connectivity index is 4.52. The van der Waals surface area contributed by atoms with Gasteiger partial charge >= 0.3 is 115 Å². The summed E-state index contributed by atoms with van der Waals surface area (Å²) in [5, 5.41) is 0. The van der Waals surface area contributed by atoms with Crippen LogP contribution in [0.4, 0.5) is 0 Å². The molecule has 0 aromatic heterocycles. The van der Waals surface area contributed by atoms with E-state index >= 15 is 0 Å². The first-order valence-electron chi connectivity index (χ1n) is 6.13. The van der Waals surface area contributed by atoms with Crippen molar-refractivity contribution in [3.8, 4) is 0 Å². The molecule has 94 valence electrons. The van der Waals surface area contributed by atoms with Crippen molar-refractivity contribution in [1.82, 2.24) is 0 Å². The van der Waals surface area contributed by atoms with E-state index in [1.54, 1.807) is 0 Å². The molecule has 0 amide bonds. The van der Waals surface area contributed by atoms with Gasteiger partial charge in [-0.25, -0.2) is 0 Å². The van der Waals surface area contributed by atoms with Gasteiger partial charge in [0, 0.05) is 0 Å². The van der Waals surface area contributed by atoms with Crippen LogP contribution in [0.25, 0.3) is 0 Å². The van der Waals surface area contributed by atoms with Gasteiger partial charge < -0.3 is 0 Å². The summed E-state index contributed by atoms with van der Waals surface area (Å²) in [5.74, 6) is 1.85. The molecule has 0 nitrogen and oxygen atoms in total. The summed E-state index contributed by atoms with van der Waals surface area (Å²) >= 11 is 5.35. The van der Waals surface area contributed by atoms with Gasteiger partial charge in [-0.1, -0.05) is 0 Å². The summed E-state index contributed by atoms with van der Waals surface area (Å²) in [6.45, 7) is 15.9. The summed E-state index contributed by atoms with van der Waals surface area (Å²) in [6.07, 6.45) is 4.71. The number of allylic oxidation sites excluding steroid dienone is 1. The maximum atomic E-state index is 3.96. The second-order valence-electron chi connectivity index (χ2n) is 5.46. The minimum atomic E-state index is -1.15. The molecule has 0 aliphatic heterocycles. The molecule has 2 unspecified atom stereocenters. The van der Waals surface area contributed by atoms with E-state index in [1.807, 2.05) is 11.8 Å². The third-order valence-corrected chi connectivity index (χ3v) is 8.49. The molecular weight excluding hydrogens is 295 g/mol. The first-order chi connectivity index (χ1) is 7.34. The van der Waals surface area contributed by atoms with E-state index in [4.69, 9.17) is 0 Å². The quantitative estimate of drug-likeness (QED) is 0.364.